The first-order chi connectivity index (χ1) is 19.0. The number of para-hydroxylation sites is 1. The number of rotatable bonds is 5. The maximum atomic E-state index is 13.9. The number of phenols is 1. The lowest BCUT2D eigenvalue weighted by Gasteiger charge is -2.17. The molecule has 2 aliphatic heterocycles. The van der Waals surface area contributed by atoms with E-state index in [9.17, 15) is 9.90 Å². The number of hydrogen-bond donors (Lipinski definition) is 1. The van der Waals surface area contributed by atoms with Gasteiger partial charge in [-0.3, -0.25) is 9.69 Å². The van der Waals surface area contributed by atoms with E-state index in [2.05, 4.69) is 0 Å². The number of aromatic hydroxyl groups is 1. The average Bonchev–Trinajstić information content (AvgIpc) is 3.46. The fourth-order valence-electron chi connectivity index (χ4n) is 4.18. The Hall–Kier alpha value is -4.34. The minimum atomic E-state index is -0.178. The van der Waals surface area contributed by atoms with Crippen molar-refractivity contribution in [2.24, 2.45) is 4.99 Å². The van der Waals surface area contributed by atoms with Gasteiger partial charge in [0.15, 0.2) is 5.17 Å². The number of carbonyl (C=O) groups excluding carboxylic acids is 1. The summed E-state index contributed by atoms with van der Waals surface area (Å²) < 4.78 is 11.3. The fraction of sp³-hybridized carbons (Fsp3) is 0.0667. The fourth-order valence-corrected chi connectivity index (χ4v) is 6.51. The minimum absolute atomic E-state index is 0.125. The summed E-state index contributed by atoms with van der Waals surface area (Å²) in [6, 6.07) is 29.4. The summed E-state index contributed by atoms with van der Waals surface area (Å²) in [6.45, 7) is 0. The van der Waals surface area contributed by atoms with E-state index in [4.69, 9.17) is 14.5 Å². The molecule has 0 bridgehead atoms. The summed E-state index contributed by atoms with van der Waals surface area (Å²) in [6.07, 6.45) is 0. The van der Waals surface area contributed by atoms with Crippen molar-refractivity contribution >= 4 is 51.7 Å². The van der Waals surface area contributed by atoms with Gasteiger partial charge in [0.25, 0.3) is 5.91 Å². The number of amides is 1. The molecule has 2 heterocycles. The molecule has 0 radical (unpaired) electrons. The molecular weight excluding hydrogens is 530 g/mol. The van der Waals surface area contributed by atoms with Crippen LogP contribution in [-0.4, -0.2) is 30.3 Å². The molecule has 9 heteroatoms. The molecule has 4 aromatic carbocycles. The first kappa shape index (κ1) is 25.0. The van der Waals surface area contributed by atoms with Crippen LogP contribution in [0.3, 0.4) is 0 Å². The Morgan fingerprint density at radius 1 is 0.821 bits per heavy atom. The third-order valence-electron chi connectivity index (χ3n) is 6.16. The van der Waals surface area contributed by atoms with Gasteiger partial charge in [0.05, 0.1) is 29.2 Å². The molecule has 0 saturated carbocycles. The van der Waals surface area contributed by atoms with Crippen LogP contribution in [0.5, 0.6) is 23.0 Å². The summed E-state index contributed by atoms with van der Waals surface area (Å²) >= 11 is 2.87. The molecule has 4 aromatic rings. The van der Waals surface area contributed by atoms with Crippen molar-refractivity contribution in [3.63, 3.8) is 0 Å². The van der Waals surface area contributed by atoms with Gasteiger partial charge in [-0.25, -0.2) is 4.99 Å². The Balaban J connectivity index is 1.35. The van der Waals surface area contributed by atoms with Crippen LogP contribution in [0.2, 0.25) is 0 Å². The molecule has 194 valence electrons. The summed E-state index contributed by atoms with van der Waals surface area (Å²) in [4.78, 5) is 23.9. The molecule has 39 heavy (non-hydrogen) atoms. The van der Waals surface area contributed by atoms with Gasteiger partial charge in [-0.05, 0) is 84.6 Å². The van der Waals surface area contributed by atoms with E-state index in [0.717, 1.165) is 27.1 Å². The SMILES string of the molecule is COc1ccc2c(c1)N(C)/C(=C1/SC(=Nc3ccc(Oc4ccccc4)cc3)N(c3ccc(O)cc3)C1=O)S2. The zero-order valence-corrected chi connectivity index (χ0v) is 22.7. The van der Waals surface area contributed by atoms with Gasteiger partial charge in [0.2, 0.25) is 0 Å². The molecule has 0 spiro atoms. The lowest BCUT2D eigenvalue weighted by molar-refractivity contribution is -0.113. The van der Waals surface area contributed by atoms with Crippen molar-refractivity contribution in [3.05, 3.63) is 107 Å². The maximum absolute atomic E-state index is 13.9. The number of aliphatic imine (C=N–C) groups is 1. The zero-order chi connectivity index (χ0) is 26.9. The highest BCUT2D eigenvalue weighted by Gasteiger charge is 2.40. The van der Waals surface area contributed by atoms with E-state index < -0.39 is 0 Å². The molecule has 6 rings (SSSR count). The number of fused-ring (bicyclic) bond motifs is 1. The number of methoxy groups -OCH3 is 1. The third kappa shape index (κ3) is 4.94. The molecule has 0 aliphatic carbocycles. The molecule has 2 aliphatic rings. The van der Waals surface area contributed by atoms with Gasteiger partial charge in [-0.15, -0.1) is 0 Å². The van der Waals surface area contributed by atoms with E-state index in [-0.39, 0.29) is 11.7 Å². The highest BCUT2D eigenvalue weighted by Crippen LogP contribution is 2.51. The topological polar surface area (TPSA) is 74.6 Å². The number of ether oxygens (including phenoxy) is 2. The van der Waals surface area contributed by atoms with Crippen molar-refractivity contribution in [2.75, 3.05) is 24.0 Å². The number of phenolic OH excluding ortho intramolecular Hbond substituents is 1. The zero-order valence-electron chi connectivity index (χ0n) is 21.1. The highest BCUT2D eigenvalue weighted by atomic mass is 32.2. The first-order valence-electron chi connectivity index (χ1n) is 12.1. The second kappa shape index (κ2) is 10.4. The van der Waals surface area contributed by atoms with E-state index >= 15 is 0 Å². The van der Waals surface area contributed by atoms with Crippen LogP contribution in [0.1, 0.15) is 0 Å². The normalized spacial score (nSPS) is 17.6. The van der Waals surface area contributed by atoms with Crippen LogP contribution in [0, 0.1) is 0 Å². The number of anilines is 2. The van der Waals surface area contributed by atoms with Gasteiger partial charge in [-0.2, -0.15) is 0 Å². The molecule has 1 N–H and O–H groups in total. The third-order valence-corrected chi connectivity index (χ3v) is 8.56. The van der Waals surface area contributed by atoms with E-state index in [1.165, 1.54) is 11.8 Å². The molecule has 1 amide bonds. The van der Waals surface area contributed by atoms with Crippen molar-refractivity contribution < 1.29 is 19.4 Å². The second-order valence-corrected chi connectivity index (χ2v) is 10.7. The summed E-state index contributed by atoms with van der Waals surface area (Å²) in [5, 5.41) is 11.2. The van der Waals surface area contributed by atoms with Crippen LogP contribution >= 0.6 is 23.5 Å². The predicted octanol–water partition coefficient (Wildman–Crippen LogP) is 7.37. The van der Waals surface area contributed by atoms with Crippen LogP contribution in [0.4, 0.5) is 17.1 Å². The van der Waals surface area contributed by atoms with Crippen LogP contribution < -0.4 is 19.3 Å². The molecule has 0 unspecified atom stereocenters. The van der Waals surface area contributed by atoms with Gasteiger partial charge < -0.3 is 19.5 Å². The Labute approximate surface area is 234 Å². The van der Waals surface area contributed by atoms with E-state index in [1.54, 1.807) is 48.0 Å². The van der Waals surface area contributed by atoms with Crippen molar-refractivity contribution in [3.8, 4) is 23.0 Å². The molecular formula is C30H23N3O4S2. The second-order valence-electron chi connectivity index (χ2n) is 8.69. The number of nitrogens with zero attached hydrogens (tertiary/aromatic N) is 3. The van der Waals surface area contributed by atoms with Crippen molar-refractivity contribution in [1.29, 1.82) is 0 Å². The molecule has 1 saturated heterocycles. The monoisotopic (exact) mass is 553 g/mol. The molecule has 0 atom stereocenters. The smallest absolute Gasteiger partial charge is 0.274 e. The summed E-state index contributed by atoms with van der Waals surface area (Å²) in [5.41, 5.74) is 2.28. The number of amidine groups is 1. The van der Waals surface area contributed by atoms with Gasteiger partial charge in [-0.1, -0.05) is 30.0 Å². The van der Waals surface area contributed by atoms with Crippen LogP contribution in [-0.2, 0) is 4.79 Å². The van der Waals surface area contributed by atoms with Crippen molar-refractivity contribution in [1.82, 2.24) is 0 Å². The highest BCUT2D eigenvalue weighted by molar-refractivity contribution is 8.20. The van der Waals surface area contributed by atoms with Crippen LogP contribution in [0.15, 0.2) is 117 Å². The standard InChI is InChI=1S/C30H23N3O4S2/c1-32-25-18-24(36-2)16-17-26(25)38-29(32)27-28(35)33(20-10-12-21(34)13-11-20)30(39-27)31-19-8-14-23(15-9-19)37-22-6-4-3-5-7-22/h3-18,34H,1-2H3/b29-27-,31-30?. The first-order valence-corrected chi connectivity index (χ1v) is 13.7. The molecule has 1 fully saturated rings. The predicted molar refractivity (Wildman–Crippen MR) is 158 cm³/mol. The number of carbonyl (C=O) groups is 1. The Kier molecular flexibility index (Phi) is 6.68. The quantitative estimate of drug-likeness (QED) is 0.259. The lowest BCUT2D eigenvalue weighted by Crippen LogP contribution is -2.29. The Morgan fingerprint density at radius 3 is 2.23 bits per heavy atom. The van der Waals surface area contributed by atoms with Gasteiger partial charge >= 0.3 is 0 Å². The summed E-state index contributed by atoms with van der Waals surface area (Å²) in [5.74, 6) is 2.14. The van der Waals surface area contributed by atoms with Gasteiger partial charge in [0, 0.05) is 18.0 Å². The largest absolute Gasteiger partial charge is 0.508 e. The van der Waals surface area contributed by atoms with Crippen LogP contribution in [0.25, 0.3) is 0 Å². The van der Waals surface area contributed by atoms with E-state index in [0.29, 0.717) is 27.2 Å². The number of thioether (sulfide) groups is 2. The maximum Gasteiger partial charge on any atom is 0.274 e. The average molecular weight is 554 g/mol. The van der Waals surface area contributed by atoms with E-state index in [1.807, 2.05) is 84.7 Å². The number of hydrogen-bond acceptors (Lipinski definition) is 8. The lowest BCUT2D eigenvalue weighted by atomic mass is 10.2. The Bertz CT molecular complexity index is 1600. The van der Waals surface area contributed by atoms with Gasteiger partial charge in [0.1, 0.15) is 27.9 Å². The Morgan fingerprint density at radius 2 is 1.51 bits per heavy atom. The summed E-state index contributed by atoms with van der Waals surface area (Å²) in [7, 11) is 3.58. The molecule has 0 aromatic heterocycles. The minimum Gasteiger partial charge on any atom is -0.508 e. The number of benzene rings is 4. The molecule has 7 nitrogen and oxygen atoms in total. The van der Waals surface area contributed by atoms with Crippen molar-refractivity contribution in [2.45, 2.75) is 4.90 Å².